The standard InChI is InChI=1S/C12H19N3O/c13-15-12(7-11-3-5-16-9-11)6-10-2-1-4-14-8-10/h1-2,4,8,11-12,15H,3,5-7,9,13H2. The third-order valence-electron chi connectivity index (χ3n) is 3.08. The van der Waals surface area contributed by atoms with Crippen LogP contribution in [0.3, 0.4) is 0 Å². The highest BCUT2D eigenvalue weighted by atomic mass is 16.5. The molecule has 0 bridgehead atoms. The van der Waals surface area contributed by atoms with Gasteiger partial charge in [-0.3, -0.25) is 16.3 Å². The van der Waals surface area contributed by atoms with E-state index in [2.05, 4.69) is 16.5 Å². The van der Waals surface area contributed by atoms with Gasteiger partial charge in [0.05, 0.1) is 0 Å². The fraction of sp³-hybridized carbons (Fsp3) is 0.583. The lowest BCUT2D eigenvalue weighted by atomic mass is 9.95. The first-order valence-electron chi connectivity index (χ1n) is 5.81. The molecule has 0 spiro atoms. The lowest BCUT2D eigenvalue weighted by Crippen LogP contribution is -2.38. The van der Waals surface area contributed by atoms with E-state index in [9.17, 15) is 0 Å². The Bertz CT molecular complexity index is 298. The fourth-order valence-corrected chi connectivity index (χ4v) is 2.19. The van der Waals surface area contributed by atoms with Gasteiger partial charge in [0.15, 0.2) is 0 Å². The summed E-state index contributed by atoms with van der Waals surface area (Å²) in [4.78, 5) is 4.11. The molecular weight excluding hydrogens is 202 g/mol. The van der Waals surface area contributed by atoms with Gasteiger partial charge in [-0.1, -0.05) is 6.07 Å². The molecule has 2 rings (SSSR count). The maximum Gasteiger partial charge on any atom is 0.0495 e. The molecule has 2 heterocycles. The van der Waals surface area contributed by atoms with Gasteiger partial charge in [-0.2, -0.15) is 0 Å². The molecule has 2 unspecified atom stereocenters. The van der Waals surface area contributed by atoms with E-state index in [4.69, 9.17) is 10.6 Å². The van der Waals surface area contributed by atoms with Gasteiger partial charge in [0.1, 0.15) is 0 Å². The van der Waals surface area contributed by atoms with Gasteiger partial charge in [0, 0.05) is 31.6 Å². The Morgan fingerprint density at radius 2 is 2.56 bits per heavy atom. The molecule has 2 atom stereocenters. The van der Waals surface area contributed by atoms with Crippen LogP contribution < -0.4 is 11.3 Å². The van der Waals surface area contributed by atoms with Crippen molar-refractivity contribution in [1.82, 2.24) is 10.4 Å². The number of aromatic nitrogens is 1. The number of hydrogen-bond donors (Lipinski definition) is 2. The van der Waals surface area contributed by atoms with Gasteiger partial charge in [-0.05, 0) is 36.8 Å². The molecule has 88 valence electrons. The number of nitrogens with one attached hydrogen (secondary N) is 1. The van der Waals surface area contributed by atoms with Gasteiger partial charge < -0.3 is 4.74 Å². The number of hydrogen-bond acceptors (Lipinski definition) is 4. The summed E-state index contributed by atoms with van der Waals surface area (Å²) < 4.78 is 5.37. The zero-order chi connectivity index (χ0) is 11.2. The Kier molecular flexibility index (Phi) is 4.27. The Hall–Kier alpha value is -0.970. The Morgan fingerprint density at radius 1 is 1.62 bits per heavy atom. The number of pyridine rings is 1. The lowest BCUT2D eigenvalue weighted by Gasteiger charge is -2.18. The topological polar surface area (TPSA) is 60.2 Å². The summed E-state index contributed by atoms with van der Waals surface area (Å²) in [5.41, 5.74) is 4.12. The molecule has 1 aliphatic heterocycles. The van der Waals surface area contributed by atoms with E-state index in [0.717, 1.165) is 32.5 Å². The normalized spacial score (nSPS) is 22.2. The molecule has 0 radical (unpaired) electrons. The Balaban J connectivity index is 1.85. The van der Waals surface area contributed by atoms with Crippen molar-refractivity contribution in [2.75, 3.05) is 13.2 Å². The van der Waals surface area contributed by atoms with Crippen LogP contribution in [0.4, 0.5) is 0 Å². The molecule has 1 aromatic heterocycles. The highest BCUT2D eigenvalue weighted by molar-refractivity contribution is 5.10. The SMILES string of the molecule is NNC(Cc1cccnc1)CC1CCOC1. The summed E-state index contributed by atoms with van der Waals surface area (Å²) in [7, 11) is 0. The summed E-state index contributed by atoms with van der Waals surface area (Å²) in [6.45, 7) is 1.78. The highest BCUT2D eigenvalue weighted by Crippen LogP contribution is 2.19. The molecule has 3 N–H and O–H groups in total. The predicted octanol–water partition coefficient (Wildman–Crippen LogP) is 0.883. The second kappa shape index (κ2) is 5.94. The van der Waals surface area contributed by atoms with E-state index in [1.54, 1.807) is 6.20 Å². The molecule has 0 saturated carbocycles. The number of nitrogens with two attached hydrogens (primary N) is 1. The number of rotatable bonds is 5. The van der Waals surface area contributed by atoms with Crippen LogP contribution in [0.15, 0.2) is 24.5 Å². The second-order valence-corrected chi connectivity index (χ2v) is 4.39. The minimum absolute atomic E-state index is 0.316. The predicted molar refractivity (Wildman–Crippen MR) is 62.6 cm³/mol. The first kappa shape index (κ1) is 11.5. The third-order valence-corrected chi connectivity index (χ3v) is 3.08. The first-order chi connectivity index (χ1) is 7.88. The monoisotopic (exact) mass is 221 g/mol. The van der Waals surface area contributed by atoms with Crippen LogP contribution in [0.5, 0.6) is 0 Å². The average molecular weight is 221 g/mol. The zero-order valence-electron chi connectivity index (χ0n) is 9.43. The molecule has 0 amide bonds. The van der Waals surface area contributed by atoms with Crippen molar-refractivity contribution in [3.63, 3.8) is 0 Å². The molecule has 1 saturated heterocycles. The van der Waals surface area contributed by atoms with Crippen molar-refractivity contribution < 1.29 is 4.74 Å². The van der Waals surface area contributed by atoms with Gasteiger partial charge in [0.2, 0.25) is 0 Å². The Morgan fingerprint density at radius 3 is 3.19 bits per heavy atom. The van der Waals surface area contributed by atoms with E-state index in [0.29, 0.717) is 12.0 Å². The van der Waals surface area contributed by atoms with Crippen molar-refractivity contribution in [1.29, 1.82) is 0 Å². The summed E-state index contributed by atoms with van der Waals surface area (Å²) in [5, 5.41) is 0. The number of ether oxygens (including phenoxy) is 1. The van der Waals surface area contributed by atoms with Crippen molar-refractivity contribution in [3.05, 3.63) is 30.1 Å². The van der Waals surface area contributed by atoms with Crippen molar-refractivity contribution >= 4 is 0 Å². The quantitative estimate of drug-likeness (QED) is 0.572. The van der Waals surface area contributed by atoms with Gasteiger partial charge in [0.25, 0.3) is 0 Å². The fourth-order valence-electron chi connectivity index (χ4n) is 2.19. The third kappa shape index (κ3) is 3.27. The van der Waals surface area contributed by atoms with E-state index in [1.165, 1.54) is 5.56 Å². The van der Waals surface area contributed by atoms with Crippen LogP contribution in [0.1, 0.15) is 18.4 Å². The molecule has 0 aromatic carbocycles. The first-order valence-corrected chi connectivity index (χ1v) is 5.81. The van der Waals surface area contributed by atoms with Gasteiger partial charge in [-0.15, -0.1) is 0 Å². The largest absolute Gasteiger partial charge is 0.381 e. The minimum atomic E-state index is 0.316. The Labute approximate surface area is 96.2 Å². The second-order valence-electron chi connectivity index (χ2n) is 4.39. The van der Waals surface area contributed by atoms with Crippen molar-refractivity contribution in [2.45, 2.75) is 25.3 Å². The lowest BCUT2D eigenvalue weighted by molar-refractivity contribution is 0.181. The summed E-state index contributed by atoms with van der Waals surface area (Å²) in [5.74, 6) is 6.24. The number of nitrogens with zero attached hydrogens (tertiary/aromatic N) is 1. The van der Waals surface area contributed by atoms with E-state index < -0.39 is 0 Å². The summed E-state index contributed by atoms with van der Waals surface area (Å²) >= 11 is 0. The molecular formula is C12H19N3O. The smallest absolute Gasteiger partial charge is 0.0495 e. The van der Waals surface area contributed by atoms with Crippen LogP contribution in [0.25, 0.3) is 0 Å². The van der Waals surface area contributed by atoms with Crippen LogP contribution in [0, 0.1) is 5.92 Å². The van der Waals surface area contributed by atoms with Crippen LogP contribution in [-0.2, 0) is 11.2 Å². The van der Waals surface area contributed by atoms with Crippen LogP contribution in [0.2, 0.25) is 0 Å². The van der Waals surface area contributed by atoms with E-state index in [1.807, 2.05) is 12.3 Å². The molecule has 0 aliphatic carbocycles. The zero-order valence-corrected chi connectivity index (χ0v) is 9.43. The number of hydrazine groups is 1. The summed E-state index contributed by atoms with van der Waals surface area (Å²) in [6.07, 6.45) is 6.85. The van der Waals surface area contributed by atoms with Crippen molar-refractivity contribution in [2.24, 2.45) is 11.8 Å². The maximum absolute atomic E-state index is 5.59. The van der Waals surface area contributed by atoms with Gasteiger partial charge >= 0.3 is 0 Å². The van der Waals surface area contributed by atoms with Crippen LogP contribution in [-0.4, -0.2) is 24.2 Å². The minimum Gasteiger partial charge on any atom is -0.381 e. The highest BCUT2D eigenvalue weighted by Gasteiger charge is 2.20. The molecule has 4 heteroatoms. The molecule has 1 fully saturated rings. The maximum atomic E-state index is 5.59. The molecule has 1 aromatic rings. The average Bonchev–Trinajstić information content (AvgIpc) is 2.82. The van der Waals surface area contributed by atoms with E-state index >= 15 is 0 Å². The molecule has 1 aliphatic rings. The van der Waals surface area contributed by atoms with E-state index in [-0.39, 0.29) is 0 Å². The molecule has 16 heavy (non-hydrogen) atoms. The van der Waals surface area contributed by atoms with Crippen LogP contribution >= 0.6 is 0 Å². The van der Waals surface area contributed by atoms with Crippen molar-refractivity contribution in [3.8, 4) is 0 Å². The molecule has 4 nitrogen and oxygen atoms in total. The van der Waals surface area contributed by atoms with Gasteiger partial charge in [-0.25, -0.2) is 0 Å². The summed E-state index contributed by atoms with van der Waals surface area (Å²) in [6, 6.07) is 4.36.